The third-order valence-corrected chi connectivity index (χ3v) is 5.44. The smallest absolute Gasteiger partial charge is 0.284 e. The van der Waals surface area contributed by atoms with E-state index in [9.17, 15) is 14.0 Å². The van der Waals surface area contributed by atoms with Crippen LogP contribution < -0.4 is 15.6 Å². The number of fused-ring (bicyclic) bond motifs is 1. The van der Waals surface area contributed by atoms with E-state index in [0.29, 0.717) is 17.0 Å². The Hall–Kier alpha value is -4.73. The molecule has 0 saturated carbocycles. The quantitative estimate of drug-likeness (QED) is 0.386. The number of ether oxygens (including phenoxy) is 1. The zero-order valence-electron chi connectivity index (χ0n) is 20.3. The van der Waals surface area contributed by atoms with Gasteiger partial charge in [0.05, 0.1) is 17.6 Å². The number of carbonyl (C=O) groups is 1. The van der Waals surface area contributed by atoms with E-state index in [-0.39, 0.29) is 22.9 Å². The topological polar surface area (TPSA) is 95.5 Å². The lowest BCUT2D eigenvalue weighted by atomic mass is 10.2. The van der Waals surface area contributed by atoms with E-state index in [1.54, 1.807) is 61.2 Å². The molecule has 1 amide bonds. The Morgan fingerprint density at radius 1 is 1.03 bits per heavy atom. The molecule has 3 aromatic heterocycles. The van der Waals surface area contributed by atoms with Gasteiger partial charge in [-0.25, -0.2) is 14.1 Å². The summed E-state index contributed by atoms with van der Waals surface area (Å²) >= 11 is 0. The fraction of sp³-hybridized carbons (Fsp3) is 0.154. The molecule has 0 unspecified atom stereocenters. The second-order valence-corrected chi connectivity index (χ2v) is 7.52. The molecule has 0 aliphatic rings. The summed E-state index contributed by atoms with van der Waals surface area (Å²) in [5.74, 6) is -1.09. The Labute approximate surface area is 206 Å². The van der Waals surface area contributed by atoms with Crippen LogP contribution in [0.25, 0.3) is 11.3 Å². The van der Waals surface area contributed by atoms with Crippen LogP contribution >= 0.6 is 0 Å². The normalized spacial score (nSPS) is 10.6. The molecule has 2 aromatic carbocycles. The van der Waals surface area contributed by atoms with Crippen LogP contribution in [0.1, 0.15) is 29.9 Å². The van der Waals surface area contributed by atoms with E-state index >= 15 is 0 Å². The Bertz CT molecular complexity index is 1590. The van der Waals surface area contributed by atoms with Crippen LogP contribution in [0.4, 0.5) is 10.1 Å². The van der Waals surface area contributed by atoms with Gasteiger partial charge in [-0.15, -0.1) is 0 Å². The predicted octanol–water partition coefficient (Wildman–Crippen LogP) is 4.74. The highest BCUT2D eigenvalue weighted by Gasteiger charge is 2.22. The minimum Gasteiger partial charge on any atom is -0.436 e. The van der Waals surface area contributed by atoms with Gasteiger partial charge >= 0.3 is 0 Å². The number of hydrogen-bond acceptors (Lipinski definition) is 5. The lowest BCUT2D eigenvalue weighted by Crippen LogP contribution is -2.25. The van der Waals surface area contributed by atoms with Crippen LogP contribution in [0.5, 0.6) is 11.6 Å². The molecular weight excluding hydrogens is 463 g/mol. The molecule has 0 fully saturated rings. The van der Waals surface area contributed by atoms with Gasteiger partial charge in [-0.2, -0.15) is 9.61 Å². The second-order valence-electron chi connectivity index (χ2n) is 7.52. The van der Waals surface area contributed by atoms with Crippen molar-refractivity contribution in [1.29, 1.82) is 0 Å². The number of aromatic nitrogens is 5. The molecule has 3 heterocycles. The summed E-state index contributed by atoms with van der Waals surface area (Å²) in [7, 11) is 1.70. The number of benzene rings is 2. The molecule has 0 spiro atoms. The molecule has 9 nitrogen and oxygen atoms in total. The maximum Gasteiger partial charge on any atom is 0.284 e. The molecule has 0 atom stereocenters. The fourth-order valence-electron chi connectivity index (χ4n) is 3.69. The van der Waals surface area contributed by atoms with Crippen molar-refractivity contribution in [2.45, 2.75) is 20.8 Å². The van der Waals surface area contributed by atoms with Crippen molar-refractivity contribution in [2.24, 2.45) is 7.05 Å². The van der Waals surface area contributed by atoms with Crippen LogP contribution in [0, 0.1) is 12.7 Å². The predicted molar refractivity (Wildman–Crippen MR) is 135 cm³/mol. The Kier molecular flexibility index (Phi) is 6.95. The summed E-state index contributed by atoms with van der Waals surface area (Å²) in [6.07, 6.45) is 3.09. The highest BCUT2D eigenvalue weighted by molar-refractivity contribution is 6.05. The summed E-state index contributed by atoms with van der Waals surface area (Å²) in [5.41, 5.74) is 1.36. The van der Waals surface area contributed by atoms with Gasteiger partial charge in [-0.1, -0.05) is 32.0 Å². The molecule has 0 aliphatic carbocycles. The summed E-state index contributed by atoms with van der Waals surface area (Å²) < 4.78 is 24.9. The molecule has 5 aromatic rings. The van der Waals surface area contributed by atoms with Gasteiger partial charge in [0.25, 0.3) is 11.5 Å². The number of carbonyl (C=O) groups excluding carboxylic acids is 1. The molecular formula is C26H25FN6O3. The fourth-order valence-corrected chi connectivity index (χ4v) is 3.69. The average molecular weight is 489 g/mol. The Morgan fingerprint density at radius 2 is 1.78 bits per heavy atom. The summed E-state index contributed by atoms with van der Waals surface area (Å²) in [5, 5.41) is 6.70. The monoisotopic (exact) mass is 488 g/mol. The summed E-state index contributed by atoms with van der Waals surface area (Å²) in [6, 6.07) is 16.3. The van der Waals surface area contributed by atoms with Gasteiger partial charge in [-0.3, -0.25) is 14.3 Å². The minimum absolute atomic E-state index is 0.0232. The number of amides is 1. The Morgan fingerprint density at radius 3 is 2.50 bits per heavy atom. The largest absolute Gasteiger partial charge is 0.436 e. The molecule has 1 N–H and O–H groups in total. The van der Waals surface area contributed by atoms with Gasteiger partial charge in [0.1, 0.15) is 5.56 Å². The SMILES string of the molecule is CC.Cc1c(C(=O)Nc2ccc(Oc3ccnc4ccnn34)c(F)c2)c(=O)n(-c2ccccc2)n1C. The first-order chi connectivity index (χ1) is 17.4. The highest BCUT2D eigenvalue weighted by atomic mass is 19.1. The van der Waals surface area contributed by atoms with E-state index in [1.165, 1.54) is 27.5 Å². The molecule has 0 bridgehead atoms. The van der Waals surface area contributed by atoms with E-state index < -0.39 is 17.3 Å². The van der Waals surface area contributed by atoms with Gasteiger partial charge in [-0.05, 0) is 31.2 Å². The molecule has 10 heteroatoms. The van der Waals surface area contributed by atoms with Crippen molar-refractivity contribution in [2.75, 3.05) is 5.32 Å². The average Bonchev–Trinajstić information content (AvgIpc) is 3.45. The minimum atomic E-state index is -0.693. The van der Waals surface area contributed by atoms with E-state index in [1.807, 2.05) is 19.9 Å². The molecule has 184 valence electrons. The van der Waals surface area contributed by atoms with Crippen LogP contribution in [0.15, 0.2) is 77.9 Å². The standard InChI is InChI=1S/C24H19FN6O3.C2H6/c1-15-22(24(33)31(29(15)2)17-6-4-3-5-7-17)23(32)28-16-8-9-19(18(25)14-16)34-21-11-12-26-20-10-13-27-30(20)21;1-2/h3-14H,1-2H3,(H,28,32);1-2H3. The lowest BCUT2D eigenvalue weighted by Gasteiger charge is -2.10. The molecule has 0 radical (unpaired) electrons. The van der Waals surface area contributed by atoms with Crippen molar-refractivity contribution in [1.82, 2.24) is 24.0 Å². The third-order valence-electron chi connectivity index (χ3n) is 5.44. The van der Waals surface area contributed by atoms with Gasteiger partial charge in [0.2, 0.25) is 5.88 Å². The molecule has 5 rings (SSSR count). The summed E-state index contributed by atoms with van der Waals surface area (Å²) in [4.78, 5) is 30.1. The van der Waals surface area contributed by atoms with Gasteiger partial charge < -0.3 is 10.1 Å². The number of halogens is 1. The zero-order chi connectivity index (χ0) is 25.8. The number of nitrogens with zero attached hydrogens (tertiary/aromatic N) is 5. The van der Waals surface area contributed by atoms with Crippen LogP contribution in [0.2, 0.25) is 0 Å². The van der Waals surface area contributed by atoms with Crippen molar-refractivity contribution >= 4 is 17.2 Å². The molecule has 0 aliphatic heterocycles. The van der Waals surface area contributed by atoms with Crippen LogP contribution in [-0.2, 0) is 7.05 Å². The van der Waals surface area contributed by atoms with E-state index in [4.69, 9.17) is 4.74 Å². The Balaban J connectivity index is 0.00000148. The lowest BCUT2D eigenvalue weighted by molar-refractivity contribution is 0.102. The second kappa shape index (κ2) is 10.3. The number of rotatable bonds is 5. The molecule has 36 heavy (non-hydrogen) atoms. The first-order valence-corrected chi connectivity index (χ1v) is 11.4. The first-order valence-electron chi connectivity index (χ1n) is 11.4. The zero-order valence-corrected chi connectivity index (χ0v) is 20.3. The number of para-hydroxylation sites is 1. The maximum absolute atomic E-state index is 14.8. The van der Waals surface area contributed by atoms with Crippen LogP contribution in [-0.4, -0.2) is 29.9 Å². The van der Waals surface area contributed by atoms with Crippen LogP contribution in [0.3, 0.4) is 0 Å². The highest BCUT2D eigenvalue weighted by Crippen LogP contribution is 2.27. The van der Waals surface area contributed by atoms with Gasteiger partial charge in [0, 0.05) is 37.1 Å². The number of anilines is 1. The van der Waals surface area contributed by atoms with Crippen molar-refractivity contribution in [3.8, 4) is 17.3 Å². The van der Waals surface area contributed by atoms with E-state index in [2.05, 4.69) is 15.4 Å². The summed E-state index contributed by atoms with van der Waals surface area (Å²) in [6.45, 7) is 5.68. The van der Waals surface area contributed by atoms with Crippen molar-refractivity contribution < 1.29 is 13.9 Å². The number of hydrogen-bond donors (Lipinski definition) is 1. The van der Waals surface area contributed by atoms with E-state index in [0.717, 1.165) is 6.07 Å². The third kappa shape index (κ3) is 4.48. The van der Waals surface area contributed by atoms with Crippen molar-refractivity contribution in [3.63, 3.8) is 0 Å². The maximum atomic E-state index is 14.8. The first kappa shape index (κ1) is 24.4. The number of nitrogens with one attached hydrogen (secondary N) is 1. The van der Waals surface area contributed by atoms with Crippen molar-refractivity contribution in [3.05, 3.63) is 100 Å². The van der Waals surface area contributed by atoms with Gasteiger partial charge in [0.15, 0.2) is 17.2 Å². The molecule has 0 saturated heterocycles.